The average molecular weight is 301 g/mol. The Labute approximate surface area is 125 Å². The second-order valence-electron chi connectivity index (χ2n) is 4.66. The number of hydrogen-bond acceptors (Lipinski definition) is 5. The van der Waals surface area contributed by atoms with Gasteiger partial charge >= 0.3 is 0 Å². The summed E-state index contributed by atoms with van der Waals surface area (Å²) >= 11 is 1.53. The largest absolute Gasteiger partial charge is 0.309 e. The normalized spacial score (nSPS) is 11.1. The molecule has 6 nitrogen and oxygen atoms in total. The Hall–Kier alpha value is -2.15. The van der Waals surface area contributed by atoms with Gasteiger partial charge in [0.1, 0.15) is 12.0 Å². The molecule has 7 heteroatoms. The predicted molar refractivity (Wildman–Crippen MR) is 81.5 cm³/mol. The number of aryl methyl sites for hydroxylation is 2. The molecule has 0 saturated carbocycles. The van der Waals surface area contributed by atoms with Crippen LogP contribution in [-0.4, -0.2) is 24.1 Å². The Morgan fingerprint density at radius 3 is 3.05 bits per heavy atom. The fraction of sp³-hybridized carbons (Fsp3) is 0.286. The third kappa shape index (κ3) is 2.69. The van der Waals surface area contributed by atoms with Gasteiger partial charge in [0.05, 0.1) is 5.69 Å². The molecule has 21 heavy (non-hydrogen) atoms. The molecule has 3 aromatic heterocycles. The summed E-state index contributed by atoms with van der Waals surface area (Å²) in [6.45, 7) is 4.81. The molecule has 3 aromatic rings. The van der Waals surface area contributed by atoms with Gasteiger partial charge in [-0.25, -0.2) is 4.98 Å². The number of thioether (sulfide) groups is 1. The second-order valence-corrected chi connectivity index (χ2v) is 5.60. The zero-order valence-corrected chi connectivity index (χ0v) is 12.7. The van der Waals surface area contributed by atoms with Crippen LogP contribution in [0, 0.1) is 6.92 Å². The van der Waals surface area contributed by atoms with Crippen molar-refractivity contribution in [2.45, 2.75) is 31.3 Å². The minimum Gasteiger partial charge on any atom is -0.309 e. The van der Waals surface area contributed by atoms with Crippen LogP contribution >= 0.6 is 11.8 Å². The number of aromatic nitrogens is 5. The van der Waals surface area contributed by atoms with E-state index in [0.29, 0.717) is 11.4 Å². The number of nitrogens with zero attached hydrogens (tertiary/aromatic N) is 5. The second kappa shape index (κ2) is 5.69. The van der Waals surface area contributed by atoms with Gasteiger partial charge in [-0.05, 0) is 25.5 Å². The monoisotopic (exact) mass is 301 g/mol. The standard InChI is InChI=1S/C14H15N5OS/c1-3-18-9-15-17-14(18)21-8-11-7-12(20)19-6-4-5-10(2)13(19)16-11/h4-7,9H,3,8H2,1-2H3. The number of rotatable bonds is 4. The summed E-state index contributed by atoms with van der Waals surface area (Å²) in [5.74, 6) is 0.596. The van der Waals surface area contributed by atoms with Crippen molar-refractivity contribution in [2.75, 3.05) is 0 Å². The van der Waals surface area contributed by atoms with Gasteiger partial charge in [-0.3, -0.25) is 9.20 Å². The van der Waals surface area contributed by atoms with Crippen LogP contribution in [0.5, 0.6) is 0 Å². The molecule has 0 amide bonds. The Morgan fingerprint density at radius 2 is 2.24 bits per heavy atom. The van der Waals surface area contributed by atoms with Gasteiger partial charge < -0.3 is 4.57 Å². The zero-order chi connectivity index (χ0) is 14.8. The van der Waals surface area contributed by atoms with Crippen molar-refractivity contribution >= 4 is 17.4 Å². The highest BCUT2D eigenvalue weighted by Gasteiger charge is 2.08. The summed E-state index contributed by atoms with van der Waals surface area (Å²) in [7, 11) is 0. The minimum absolute atomic E-state index is 0.0590. The molecular formula is C14H15N5OS. The lowest BCUT2D eigenvalue weighted by Gasteiger charge is -2.06. The molecule has 0 spiro atoms. The van der Waals surface area contributed by atoms with Gasteiger partial charge in [0.15, 0.2) is 5.16 Å². The van der Waals surface area contributed by atoms with Crippen molar-refractivity contribution in [3.05, 3.63) is 52.3 Å². The molecule has 0 unspecified atom stereocenters. The summed E-state index contributed by atoms with van der Waals surface area (Å²) in [4.78, 5) is 16.7. The highest BCUT2D eigenvalue weighted by atomic mass is 32.2. The Kier molecular flexibility index (Phi) is 3.74. The van der Waals surface area contributed by atoms with Gasteiger partial charge in [0, 0.05) is 24.6 Å². The van der Waals surface area contributed by atoms with Crippen LogP contribution in [0.1, 0.15) is 18.2 Å². The molecular weight excluding hydrogens is 286 g/mol. The maximum atomic E-state index is 12.1. The van der Waals surface area contributed by atoms with Crippen LogP contribution in [0.25, 0.3) is 5.65 Å². The van der Waals surface area contributed by atoms with Crippen molar-refractivity contribution < 1.29 is 0 Å². The summed E-state index contributed by atoms with van der Waals surface area (Å²) in [6.07, 6.45) is 3.44. The molecule has 0 fully saturated rings. The summed E-state index contributed by atoms with van der Waals surface area (Å²) in [5.41, 5.74) is 2.39. The Balaban J connectivity index is 1.91. The number of hydrogen-bond donors (Lipinski definition) is 0. The van der Waals surface area contributed by atoms with Crippen molar-refractivity contribution in [1.29, 1.82) is 0 Å². The molecule has 108 valence electrons. The summed E-state index contributed by atoms with van der Waals surface area (Å²) in [6, 6.07) is 5.38. The Bertz CT molecular complexity index is 839. The first-order valence-corrected chi connectivity index (χ1v) is 7.66. The molecule has 0 saturated heterocycles. The lowest BCUT2D eigenvalue weighted by molar-refractivity contribution is 0.681. The maximum Gasteiger partial charge on any atom is 0.258 e. The first kappa shape index (κ1) is 13.8. The van der Waals surface area contributed by atoms with E-state index < -0.39 is 0 Å². The fourth-order valence-corrected chi connectivity index (χ4v) is 2.97. The molecule has 3 rings (SSSR count). The topological polar surface area (TPSA) is 65.1 Å². The third-order valence-corrected chi connectivity index (χ3v) is 4.22. The van der Waals surface area contributed by atoms with Crippen molar-refractivity contribution in [1.82, 2.24) is 24.1 Å². The fourth-order valence-electron chi connectivity index (χ4n) is 2.09. The van der Waals surface area contributed by atoms with E-state index in [9.17, 15) is 4.79 Å². The van der Waals surface area contributed by atoms with E-state index in [1.807, 2.05) is 30.5 Å². The van der Waals surface area contributed by atoms with Crippen LogP contribution in [0.4, 0.5) is 0 Å². The van der Waals surface area contributed by atoms with E-state index in [1.54, 1.807) is 23.0 Å². The van der Waals surface area contributed by atoms with E-state index in [1.165, 1.54) is 11.8 Å². The van der Waals surface area contributed by atoms with Gasteiger partial charge in [-0.2, -0.15) is 0 Å². The lowest BCUT2D eigenvalue weighted by atomic mass is 10.3. The Morgan fingerprint density at radius 1 is 1.38 bits per heavy atom. The molecule has 0 aliphatic heterocycles. The lowest BCUT2D eigenvalue weighted by Crippen LogP contribution is -2.15. The maximum absolute atomic E-state index is 12.1. The van der Waals surface area contributed by atoms with Gasteiger partial charge in [-0.15, -0.1) is 10.2 Å². The minimum atomic E-state index is -0.0590. The number of pyridine rings is 1. The molecule has 0 aliphatic rings. The molecule has 0 bridgehead atoms. The van der Waals surface area contributed by atoms with Gasteiger partial charge in [-0.1, -0.05) is 17.8 Å². The van der Waals surface area contributed by atoms with Crippen LogP contribution < -0.4 is 5.56 Å². The highest BCUT2D eigenvalue weighted by Crippen LogP contribution is 2.19. The predicted octanol–water partition coefficient (Wildman–Crippen LogP) is 1.91. The molecule has 0 N–H and O–H groups in total. The van der Waals surface area contributed by atoms with Crippen molar-refractivity contribution in [3.8, 4) is 0 Å². The molecule has 0 atom stereocenters. The van der Waals surface area contributed by atoms with Crippen LogP contribution in [-0.2, 0) is 12.3 Å². The van der Waals surface area contributed by atoms with Crippen molar-refractivity contribution in [2.24, 2.45) is 0 Å². The van der Waals surface area contributed by atoms with E-state index in [2.05, 4.69) is 15.2 Å². The summed E-state index contributed by atoms with van der Waals surface area (Å²) in [5, 5.41) is 8.80. The average Bonchev–Trinajstić information content (AvgIpc) is 2.94. The van der Waals surface area contributed by atoms with Crippen LogP contribution in [0.3, 0.4) is 0 Å². The zero-order valence-electron chi connectivity index (χ0n) is 11.9. The van der Waals surface area contributed by atoms with E-state index in [4.69, 9.17) is 0 Å². The van der Waals surface area contributed by atoms with Gasteiger partial charge in [0.2, 0.25) is 0 Å². The molecule has 0 aliphatic carbocycles. The first-order valence-electron chi connectivity index (χ1n) is 6.67. The van der Waals surface area contributed by atoms with Crippen LogP contribution in [0.15, 0.2) is 40.7 Å². The molecule has 3 heterocycles. The highest BCUT2D eigenvalue weighted by molar-refractivity contribution is 7.98. The molecule has 0 radical (unpaired) electrons. The summed E-state index contributed by atoms with van der Waals surface area (Å²) < 4.78 is 3.53. The SMILES string of the molecule is CCn1cnnc1SCc1cc(=O)n2cccc(C)c2n1. The van der Waals surface area contributed by atoms with Crippen molar-refractivity contribution in [3.63, 3.8) is 0 Å². The molecule has 0 aromatic carbocycles. The van der Waals surface area contributed by atoms with Gasteiger partial charge in [0.25, 0.3) is 5.56 Å². The van der Waals surface area contributed by atoms with E-state index in [0.717, 1.165) is 23.0 Å². The number of fused-ring (bicyclic) bond motifs is 1. The first-order chi connectivity index (χ1) is 10.2. The smallest absolute Gasteiger partial charge is 0.258 e. The van der Waals surface area contributed by atoms with E-state index >= 15 is 0 Å². The quantitative estimate of drug-likeness (QED) is 0.689. The van der Waals surface area contributed by atoms with Crippen LogP contribution in [0.2, 0.25) is 0 Å². The third-order valence-electron chi connectivity index (χ3n) is 3.21. The van der Waals surface area contributed by atoms with E-state index in [-0.39, 0.29) is 5.56 Å².